The zero-order valence-corrected chi connectivity index (χ0v) is 25.1. The molecule has 234 valence electrons. The van der Waals surface area contributed by atoms with Gasteiger partial charge in [0.2, 0.25) is 0 Å². The maximum atomic E-state index is 13.5. The number of aryl methyl sites for hydroxylation is 1. The van der Waals surface area contributed by atoms with Crippen molar-refractivity contribution in [2.45, 2.75) is 13.1 Å². The molecule has 0 radical (unpaired) electrons. The summed E-state index contributed by atoms with van der Waals surface area (Å²) < 4.78 is 40.6. The average molecular weight is 660 g/mol. The van der Waals surface area contributed by atoms with Crippen LogP contribution in [-0.4, -0.2) is 28.8 Å². The van der Waals surface area contributed by atoms with Crippen LogP contribution in [0.3, 0.4) is 0 Å². The summed E-state index contributed by atoms with van der Waals surface area (Å²) in [6, 6.07) is 12.9. The summed E-state index contributed by atoms with van der Waals surface area (Å²) in [5, 5.41) is 7.39. The van der Waals surface area contributed by atoms with E-state index in [2.05, 4.69) is 46.2 Å². The van der Waals surface area contributed by atoms with Crippen LogP contribution in [0, 0.1) is 6.92 Å². The van der Waals surface area contributed by atoms with Gasteiger partial charge in [-0.15, -0.1) is 0 Å². The molecule has 1 aromatic heterocycles. The van der Waals surface area contributed by atoms with E-state index in [4.69, 9.17) is 28.1 Å². The van der Waals surface area contributed by atoms with E-state index in [1.807, 2.05) is 0 Å². The molecule has 0 unspecified atom stereocenters. The second-order valence-corrected chi connectivity index (χ2v) is 9.54. The molecule has 3 N–H and O–H groups in total. The van der Waals surface area contributed by atoms with E-state index in [-0.39, 0.29) is 26.9 Å². The van der Waals surface area contributed by atoms with Crippen molar-refractivity contribution in [1.82, 2.24) is 16.0 Å². The van der Waals surface area contributed by atoms with Gasteiger partial charge in [-0.05, 0) is 67.1 Å². The molecule has 1 heterocycles. The molecule has 3 amide bonds. The number of allylic oxidation sites excluding steroid dienone is 4. The van der Waals surface area contributed by atoms with Gasteiger partial charge in [0.25, 0.3) is 5.91 Å². The number of carbonyl (C=O) groups excluding carboxylic acids is 2. The van der Waals surface area contributed by atoms with Gasteiger partial charge >= 0.3 is 12.2 Å². The summed E-state index contributed by atoms with van der Waals surface area (Å²) in [4.78, 5) is 36.3. The van der Waals surface area contributed by atoms with Crippen molar-refractivity contribution in [3.8, 4) is 0 Å². The Balaban J connectivity index is 1.94. The van der Waals surface area contributed by atoms with E-state index < -0.39 is 29.6 Å². The molecular weight excluding hydrogens is 634 g/mol. The summed E-state index contributed by atoms with van der Waals surface area (Å²) in [5.74, 6) is -1.26. The van der Waals surface area contributed by atoms with E-state index >= 15 is 0 Å². The number of hydrazone groups is 1. The van der Waals surface area contributed by atoms with Crippen molar-refractivity contribution in [3.05, 3.63) is 132 Å². The molecule has 0 spiro atoms. The molecule has 0 aliphatic heterocycles. The number of urea groups is 1. The number of rotatable bonds is 12. The van der Waals surface area contributed by atoms with Gasteiger partial charge in [0, 0.05) is 11.2 Å². The Kier molecular flexibility index (Phi) is 12.0. The molecule has 3 aromatic rings. The number of aromatic nitrogens is 1. The molecule has 0 fully saturated rings. The van der Waals surface area contributed by atoms with Crippen molar-refractivity contribution in [2.75, 3.05) is 15.4 Å². The fourth-order valence-electron chi connectivity index (χ4n) is 3.63. The predicted molar refractivity (Wildman–Crippen MR) is 170 cm³/mol. The molecule has 0 aliphatic carbocycles. The second-order valence-electron chi connectivity index (χ2n) is 8.69. The van der Waals surface area contributed by atoms with E-state index in [1.165, 1.54) is 54.6 Å². The quantitative estimate of drug-likeness (QED) is 0.104. The number of carbonyl (C=O) groups is 2. The number of pyridine rings is 1. The number of hydrazine groups is 1. The lowest BCUT2D eigenvalue weighted by Gasteiger charge is -2.24. The number of nitrogens with zero attached hydrogens (tertiary/aromatic N) is 4. The lowest BCUT2D eigenvalue weighted by atomic mass is 10.1. The summed E-state index contributed by atoms with van der Waals surface area (Å²) in [5.41, 5.74) is 4.17. The van der Waals surface area contributed by atoms with E-state index in [0.717, 1.165) is 0 Å². The molecule has 10 nitrogen and oxygen atoms in total. The topological polar surface area (TPSA) is 111 Å². The minimum atomic E-state index is -4.96. The molecule has 15 heteroatoms. The van der Waals surface area contributed by atoms with Crippen LogP contribution < -0.4 is 26.4 Å². The number of para-hydroxylation sites is 1. The number of nitrogens with one attached hydrogen (secondary N) is 3. The van der Waals surface area contributed by atoms with Crippen molar-refractivity contribution >= 4 is 58.0 Å². The fourth-order valence-corrected chi connectivity index (χ4v) is 4.10. The molecule has 3 rings (SSSR count). The summed E-state index contributed by atoms with van der Waals surface area (Å²) >= 11 is 12.3. The first-order chi connectivity index (χ1) is 21.4. The van der Waals surface area contributed by atoms with Crippen molar-refractivity contribution in [3.63, 3.8) is 0 Å². The number of alkyl halides is 3. The minimum absolute atomic E-state index is 0.110. The molecule has 45 heavy (non-hydrogen) atoms. The van der Waals surface area contributed by atoms with Crippen LogP contribution in [0.1, 0.15) is 15.9 Å². The van der Waals surface area contributed by atoms with Gasteiger partial charge in [0.05, 0.1) is 27.7 Å². The number of halogens is 5. The van der Waals surface area contributed by atoms with Crippen LogP contribution in [0.2, 0.25) is 10.0 Å². The monoisotopic (exact) mass is 659 g/mol. The van der Waals surface area contributed by atoms with Crippen molar-refractivity contribution in [2.24, 2.45) is 5.10 Å². The fraction of sp³-hybridized carbons (Fsp3) is 0.0667. The first-order valence-corrected chi connectivity index (χ1v) is 13.5. The third-order valence-corrected chi connectivity index (χ3v) is 6.14. The highest BCUT2D eigenvalue weighted by atomic mass is 35.5. The van der Waals surface area contributed by atoms with Gasteiger partial charge < -0.3 is 5.32 Å². The van der Waals surface area contributed by atoms with E-state index in [1.54, 1.807) is 36.4 Å². The Bertz CT molecular complexity index is 1650. The lowest BCUT2D eigenvalue weighted by Crippen LogP contribution is -2.43. The molecular formula is C30H26Cl2F3N7O3. The lowest BCUT2D eigenvalue weighted by molar-refractivity contribution is -0.0578. The molecule has 2 aromatic carbocycles. The number of anilines is 3. The maximum Gasteiger partial charge on any atom is 0.435 e. The zero-order chi connectivity index (χ0) is 33.1. The van der Waals surface area contributed by atoms with Crippen LogP contribution in [0.15, 0.2) is 116 Å². The Morgan fingerprint density at radius 1 is 1.04 bits per heavy atom. The molecule has 0 atom stereocenters. The summed E-state index contributed by atoms with van der Waals surface area (Å²) in [7, 11) is 0. The number of hydrogen-bond donors (Lipinski definition) is 3. The Morgan fingerprint density at radius 2 is 1.76 bits per heavy atom. The Morgan fingerprint density at radius 3 is 2.36 bits per heavy atom. The SMILES string of the molecule is C=C/C=C(\C=C)N(ONNC(=O)c1cc(Cl)cc(C)c1NC(=O)N(/N=C(\C=C)C(F)(F)F)c1ncccc1Cl)c1ccccc1. The highest BCUT2D eigenvalue weighted by molar-refractivity contribution is 6.33. The minimum Gasteiger partial charge on any atom is -0.305 e. The molecule has 0 saturated heterocycles. The average Bonchev–Trinajstić information content (AvgIpc) is 3.00. The van der Waals surface area contributed by atoms with Gasteiger partial charge in [-0.2, -0.15) is 28.2 Å². The summed E-state index contributed by atoms with van der Waals surface area (Å²) in [6.45, 7) is 12.1. The van der Waals surface area contributed by atoms with Crippen LogP contribution >= 0.6 is 23.2 Å². The predicted octanol–water partition coefficient (Wildman–Crippen LogP) is 7.68. The van der Waals surface area contributed by atoms with Gasteiger partial charge in [0.15, 0.2) is 11.5 Å². The number of benzene rings is 2. The van der Waals surface area contributed by atoms with E-state index in [0.29, 0.717) is 22.5 Å². The second kappa shape index (κ2) is 15.7. The standard InChI is InChI=1S/C30H26Cl2F3N7O3/c1-5-12-21(6-2)42(22-13-9-8-10-14-22)45-40-38-28(43)23-18-20(31)17-19(4)26(23)37-29(44)41(27-24(32)15-11-16-36-27)39-25(7-3)30(33,34)35/h5-18,40H,1-3H2,4H3,(H,37,44)(H,38,43)/b21-12+,39-25+. The van der Waals surface area contributed by atoms with Crippen LogP contribution in [-0.2, 0) is 4.94 Å². The third-order valence-electron chi connectivity index (χ3n) is 5.62. The largest absolute Gasteiger partial charge is 0.435 e. The van der Waals surface area contributed by atoms with Crippen LogP contribution in [0.25, 0.3) is 0 Å². The Hall–Kier alpha value is -4.95. The van der Waals surface area contributed by atoms with Crippen LogP contribution in [0.4, 0.5) is 35.2 Å². The van der Waals surface area contributed by atoms with Crippen molar-refractivity contribution in [1.29, 1.82) is 0 Å². The Labute approximate surface area is 266 Å². The highest BCUT2D eigenvalue weighted by Crippen LogP contribution is 2.29. The smallest absolute Gasteiger partial charge is 0.305 e. The first-order valence-electron chi connectivity index (χ1n) is 12.7. The van der Waals surface area contributed by atoms with Crippen molar-refractivity contribution < 1.29 is 27.7 Å². The molecule has 0 aliphatic rings. The summed E-state index contributed by atoms with van der Waals surface area (Å²) in [6.07, 6.45) is 1.28. The number of hydrogen-bond acceptors (Lipinski definition) is 7. The normalized spacial score (nSPS) is 11.8. The van der Waals surface area contributed by atoms with Gasteiger partial charge in [0.1, 0.15) is 0 Å². The zero-order valence-electron chi connectivity index (χ0n) is 23.6. The van der Waals surface area contributed by atoms with Gasteiger partial charge in [-0.25, -0.2) is 14.8 Å². The number of amides is 3. The maximum absolute atomic E-state index is 13.5. The van der Waals surface area contributed by atoms with Gasteiger partial charge in [-0.3, -0.25) is 10.2 Å². The van der Waals surface area contributed by atoms with Crippen LogP contribution in [0.5, 0.6) is 0 Å². The van der Waals surface area contributed by atoms with E-state index in [9.17, 15) is 22.8 Å². The molecule has 0 bridgehead atoms. The first kappa shape index (κ1) is 34.5. The highest BCUT2D eigenvalue weighted by Gasteiger charge is 2.36. The number of hydroxylamine groups is 1. The van der Waals surface area contributed by atoms with Gasteiger partial charge in [-0.1, -0.05) is 72.8 Å². The molecule has 0 saturated carbocycles. The third kappa shape index (κ3) is 9.03.